The minimum absolute atomic E-state index is 0.133. The number of rotatable bonds is 3. The first-order valence-corrected chi connectivity index (χ1v) is 11.7. The smallest absolute Gasteiger partial charge is 0.245 e. The summed E-state index contributed by atoms with van der Waals surface area (Å²) < 4.78 is 28.5. The van der Waals surface area contributed by atoms with Crippen LogP contribution >= 0.6 is 0 Å². The topological polar surface area (TPSA) is 70.6 Å². The van der Waals surface area contributed by atoms with Gasteiger partial charge < -0.3 is 4.90 Å². The molecule has 1 saturated heterocycles. The first-order valence-electron chi connectivity index (χ1n) is 10.2. The number of para-hydroxylation sites is 1. The molecule has 3 heterocycles. The van der Waals surface area contributed by atoms with Gasteiger partial charge in [0.25, 0.3) is 0 Å². The van der Waals surface area contributed by atoms with Crippen molar-refractivity contribution in [2.45, 2.75) is 37.1 Å². The van der Waals surface area contributed by atoms with E-state index in [-0.39, 0.29) is 10.8 Å². The lowest BCUT2D eigenvalue weighted by Gasteiger charge is -2.28. The lowest BCUT2D eigenvalue weighted by atomic mass is 10.1. The molecule has 1 amide bonds. The molecule has 2 aliphatic rings. The van der Waals surface area contributed by atoms with Crippen LogP contribution in [0.4, 0.5) is 5.69 Å². The molecule has 6 nitrogen and oxygen atoms in total. The van der Waals surface area contributed by atoms with E-state index in [0.29, 0.717) is 31.4 Å². The number of amides is 1. The van der Waals surface area contributed by atoms with Crippen LogP contribution in [0.3, 0.4) is 0 Å². The van der Waals surface area contributed by atoms with Gasteiger partial charge in [-0.25, -0.2) is 8.42 Å². The number of hydrogen-bond donors (Lipinski definition) is 0. The fourth-order valence-electron chi connectivity index (χ4n) is 4.62. The van der Waals surface area contributed by atoms with Gasteiger partial charge in [-0.1, -0.05) is 35.9 Å². The van der Waals surface area contributed by atoms with Crippen molar-refractivity contribution >= 4 is 32.5 Å². The van der Waals surface area contributed by atoms with E-state index in [4.69, 9.17) is 0 Å². The number of carbonyl (C=O) groups is 1. The largest absolute Gasteiger partial charge is 0.310 e. The minimum atomic E-state index is -3.85. The number of carbonyl (C=O) groups excluding carboxylic acids is 1. The van der Waals surface area contributed by atoms with Gasteiger partial charge in [-0.2, -0.15) is 4.31 Å². The Morgan fingerprint density at radius 2 is 1.93 bits per heavy atom. The predicted octanol–water partition coefficient (Wildman–Crippen LogP) is 3.29. The van der Waals surface area contributed by atoms with Gasteiger partial charge in [-0.3, -0.25) is 9.78 Å². The summed E-state index contributed by atoms with van der Waals surface area (Å²) >= 11 is 0. The van der Waals surface area contributed by atoms with Crippen LogP contribution in [0.1, 0.15) is 24.0 Å². The molecule has 0 aliphatic carbocycles. The maximum Gasteiger partial charge on any atom is 0.245 e. The number of nitrogens with zero attached hydrogens (tertiary/aromatic N) is 3. The molecule has 0 spiro atoms. The Bertz CT molecular complexity index is 1250. The van der Waals surface area contributed by atoms with E-state index in [0.717, 1.165) is 28.6 Å². The zero-order valence-electron chi connectivity index (χ0n) is 16.8. The van der Waals surface area contributed by atoms with E-state index in [2.05, 4.69) is 11.1 Å². The summed E-state index contributed by atoms with van der Waals surface area (Å²) in [7, 11) is -3.85. The third kappa shape index (κ3) is 3.00. The molecule has 7 heteroatoms. The second kappa shape index (κ2) is 7.18. The highest BCUT2D eigenvalue weighted by Gasteiger charge is 2.43. The van der Waals surface area contributed by atoms with Crippen molar-refractivity contribution in [1.29, 1.82) is 0 Å². The van der Waals surface area contributed by atoms with Crippen molar-refractivity contribution in [1.82, 2.24) is 9.29 Å². The average Bonchev–Trinajstić information content (AvgIpc) is 3.40. The van der Waals surface area contributed by atoms with Crippen LogP contribution in [-0.4, -0.2) is 42.7 Å². The SMILES string of the molecule is Cc1ccc2c(c1)CCN2C(=O)[C@@H]1CCCN1S(=O)(=O)c1cccc2cccnc12. The molecule has 1 fully saturated rings. The minimum Gasteiger partial charge on any atom is -0.310 e. The summed E-state index contributed by atoms with van der Waals surface area (Å²) in [6, 6.07) is 14.2. The Balaban J connectivity index is 1.50. The van der Waals surface area contributed by atoms with E-state index >= 15 is 0 Å². The monoisotopic (exact) mass is 421 g/mol. The van der Waals surface area contributed by atoms with Gasteiger partial charge >= 0.3 is 0 Å². The Labute approximate surface area is 176 Å². The molecule has 0 unspecified atom stereocenters. The molecule has 30 heavy (non-hydrogen) atoms. The number of benzene rings is 2. The maximum atomic E-state index is 13.6. The predicted molar refractivity (Wildman–Crippen MR) is 116 cm³/mol. The fraction of sp³-hybridized carbons (Fsp3) is 0.304. The summed E-state index contributed by atoms with van der Waals surface area (Å²) in [5.74, 6) is -0.133. The van der Waals surface area contributed by atoms with Crippen LogP contribution in [0.25, 0.3) is 10.9 Å². The van der Waals surface area contributed by atoms with Crippen molar-refractivity contribution in [3.8, 4) is 0 Å². The molecule has 2 aliphatic heterocycles. The number of pyridine rings is 1. The molecule has 154 valence electrons. The summed E-state index contributed by atoms with van der Waals surface area (Å²) in [6.45, 7) is 2.97. The third-order valence-electron chi connectivity index (χ3n) is 6.07. The molecule has 5 rings (SSSR count). The second-order valence-corrected chi connectivity index (χ2v) is 9.84. The summed E-state index contributed by atoms with van der Waals surface area (Å²) in [4.78, 5) is 19.7. The van der Waals surface area contributed by atoms with E-state index in [9.17, 15) is 13.2 Å². The fourth-order valence-corrected chi connectivity index (χ4v) is 6.44. The van der Waals surface area contributed by atoms with Crippen molar-refractivity contribution in [2.75, 3.05) is 18.0 Å². The third-order valence-corrected chi connectivity index (χ3v) is 8.01. The highest BCUT2D eigenvalue weighted by molar-refractivity contribution is 7.89. The Morgan fingerprint density at radius 1 is 1.10 bits per heavy atom. The van der Waals surface area contributed by atoms with Crippen LogP contribution in [0.15, 0.2) is 59.6 Å². The van der Waals surface area contributed by atoms with E-state index in [1.807, 2.05) is 31.2 Å². The van der Waals surface area contributed by atoms with Crippen molar-refractivity contribution in [3.05, 3.63) is 65.9 Å². The van der Waals surface area contributed by atoms with Crippen molar-refractivity contribution in [3.63, 3.8) is 0 Å². The normalized spacial score (nSPS) is 19.4. The number of fused-ring (bicyclic) bond motifs is 2. The number of aromatic nitrogens is 1. The molecule has 1 atom stereocenters. The van der Waals surface area contributed by atoms with Gasteiger partial charge in [0.15, 0.2) is 0 Å². The van der Waals surface area contributed by atoms with Crippen molar-refractivity contribution in [2.24, 2.45) is 0 Å². The van der Waals surface area contributed by atoms with Gasteiger partial charge in [0.2, 0.25) is 15.9 Å². The van der Waals surface area contributed by atoms with E-state index < -0.39 is 16.1 Å². The molecule has 0 radical (unpaired) electrons. The quantitative estimate of drug-likeness (QED) is 0.651. The summed E-state index contributed by atoms with van der Waals surface area (Å²) in [5, 5.41) is 0.768. The van der Waals surface area contributed by atoms with Gasteiger partial charge in [0.05, 0.1) is 5.52 Å². The zero-order chi connectivity index (χ0) is 20.9. The highest BCUT2D eigenvalue weighted by atomic mass is 32.2. The lowest BCUT2D eigenvalue weighted by Crippen LogP contribution is -2.47. The van der Waals surface area contributed by atoms with Crippen LogP contribution in [-0.2, 0) is 21.2 Å². The molecule has 0 N–H and O–H groups in total. The standard InChI is InChI=1S/C23H23N3O3S/c1-16-9-10-19-18(15-16)11-14-25(19)23(27)20-7-4-13-26(20)30(28,29)21-8-2-5-17-6-3-12-24-22(17)21/h2-3,5-6,8-10,12,15,20H,4,7,11,13-14H2,1H3/t20-/m0/s1. The van der Waals surface area contributed by atoms with Gasteiger partial charge in [0.1, 0.15) is 10.9 Å². The summed E-state index contributed by atoms with van der Waals surface area (Å²) in [6.07, 6.45) is 3.60. The first-order chi connectivity index (χ1) is 14.5. The summed E-state index contributed by atoms with van der Waals surface area (Å²) in [5.41, 5.74) is 3.66. The lowest BCUT2D eigenvalue weighted by molar-refractivity contribution is -0.121. The average molecular weight is 422 g/mol. The van der Waals surface area contributed by atoms with Crippen LogP contribution in [0, 0.1) is 6.92 Å². The van der Waals surface area contributed by atoms with Crippen LogP contribution < -0.4 is 4.90 Å². The van der Waals surface area contributed by atoms with Crippen LogP contribution in [0.2, 0.25) is 0 Å². The highest BCUT2D eigenvalue weighted by Crippen LogP contribution is 2.34. The molecule has 0 saturated carbocycles. The number of aryl methyl sites for hydroxylation is 1. The number of anilines is 1. The molecular weight excluding hydrogens is 398 g/mol. The Morgan fingerprint density at radius 3 is 2.80 bits per heavy atom. The van der Waals surface area contributed by atoms with Gasteiger partial charge in [0, 0.05) is 30.4 Å². The van der Waals surface area contributed by atoms with E-state index in [1.54, 1.807) is 29.3 Å². The second-order valence-electron chi connectivity index (χ2n) is 7.98. The molecular formula is C23H23N3O3S. The van der Waals surface area contributed by atoms with Gasteiger partial charge in [-0.05, 0) is 49.9 Å². The molecule has 0 bridgehead atoms. The number of hydrogen-bond acceptors (Lipinski definition) is 4. The Hall–Kier alpha value is -2.77. The maximum absolute atomic E-state index is 13.6. The molecule has 2 aromatic carbocycles. The molecule has 3 aromatic rings. The zero-order valence-corrected chi connectivity index (χ0v) is 17.6. The van der Waals surface area contributed by atoms with E-state index in [1.165, 1.54) is 4.31 Å². The first kappa shape index (κ1) is 19.2. The van der Waals surface area contributed by atoms with Crippen molar-refractivity contribution < 1.29 is 13.2 Å². The molecule has 1 aromatic heterocycles. The van der Waals surface area contributed by atoms with Gasteiger partial charge in [-0.15, -0.1) is 0 Å². The van der Waals surface area contributed by atoms with Crippen LogP contribution in [0.5, 0.6) is 0 Å². The Kier molecular flexibility index (Phi) is 4.60. The number of sulfonamides is 1.